The maximum absolute atomic E-state index is 12.9. The molecule has 0 radical (unpaired) electrons. The normalized spacial score (nSPS) is 27.2. The van der Waals surface area contributed by atoms with Gasteiger partial charge in [0.2, 0.25) is 5.91 Å². The average Bonchev–Trinajstić information content (AvgIpc) is 2.92. The summed E-state index contributed by atoms with van der Waals surface area (Å²) in [5.74, 6) is 0.886. The molecule has 0 aliphatic carbocycles. The van der Waals surface area contributed by atoms with Crippen LogP contribution in [-0.4, -0.2) is 37.6 Å². The van der Waals surface area contributed by atoms with Crippen molar-refractivity contribution in [1.82, 2.24) is 5.32 Å². The Hall–Kier alpha value is -0.970. The quantitative estimate of drug-likeness (QED) is 0.862. The van der Waals surface area contributed by atoms with Crippen molar-refractivity contribution in [2.45, 2.75) is 51.1 Å². The summed E-state index contributed by atoms with van der Waals surface area (Å²) in [6, 6.07) is 9.68. The van der Waals surface area contributed by atoms with E-state index in [4.69, 9.17) is 0 Å². The van der Waals surface area contributed by atoms with Gasteiger partial charge in [0.25, 0.3) is 0 Å². The van der Waals surface area contributed by atoms with Gasteiger partial charge in [0.1, 0.15) is 0 Å². The summed E-state index contributed by atoms with van der Waals surface area (Å²) in [7, 11) is 0. The lowest BCUT2D eigenvalue weighted by Crippen LogP contribution is -2.45. The number of nitrogens with zero attached hydrogens (tertiary/aromatic N) is 2. The van der Waals surface area contributed by atoms with Crippen LogP contribution in [0.1, 0.15) is 39.0 Å². The molecule has 0 aromatic heterocycles. The van der Waals surface area contributed by atoms with Gasteiger partial charge >= 0.3 is 0 Å². The molecule has 3 aliphatic heterocycles. The Labute approximate surface area is 163 Å². The average molecular weight is 386 g/mol. The van der Waals surface area contributed by atoms with E-state index in [9.17, 15) is 4.79 Å². The van der Waals surface area contributed by atoms with E-state index < -0.39 is 0 Å². The van der Waals surface area contributed by atoms with E-state index in [1.54, 1.807) is 0 Å². The van der Waals surface area contributed by atoms with Crippen LogP contribution in [0.25, 0.3) is 0 Å². The molecule has 3 aliphatic rings. The number of hydrogen-bond donors (Lipinski definition) is 1. The molecule has 1 amide bonds. The van der Waals surface area contributed by atoms with E-state index in [0.29, 0.717) is 23.9 Å². The highest BCUT2D eigenvalue weighted by Crippen LogP contribution is 2.36. The van der Waals surface area contributed by atoms with Crippen LogP contribution in [-0.2, 0) is 4.79 Å². The van der Waals surface area contributed by atoms with Crippen LogP contribution in [0.3, 0.4) is 0 Å². The fraction of sp³-hybridized carbons (Fsp3) is 0.632. The van der Waals surface area contributed by atoms with Gasteiger partial charge < -0.3 is 15.1 Å². The number of benzene rings is 1. The molecule has 2 saturated heterocycles. The van der Waals surface area contributed by atoms with E-state index in [2.05, 4.69) is 35.3 Å². The third-order valence-electron chi connectivity index (χ3n) is 5.82. The van der Waals surface area contributed by atoms with Crippen molar-refractivity contribution in [2.75, 3.05) is 29.4 Å². The zero-order chi connectivity index (χ0) is 15.8. The lowest BCUT2D eigenvalue weighted by Gasteiger charge is -2.38. The van der Waals surface area contributed by atoms with Crippen molar-refractivity contribution in [3.05, 3.63) is 24.3 Å². The first-order valence-electron chi connectivity index (χ1n) is 9.15. The van der Waals surface area contributed by atoms with Crippen molar-refractivity contribution in [2.24, 2.45) is 5.92 Å². The largest absolute Gasteiger partial charge is 0.368 e. The molecule has 1 N–H and O–H groups in total. The number of nitrogens with one attached hydrogen (secondary N) is 1. The van der Waals surface area contributed by atoms with Crippen LogP contribution in [0.2, 0.25) is 0 Å². The number of rotatable bonds is 3. The van der Waals surface area contributed by atoms with Crippen molar-refractivity contribution in [3.8, 4) is 0 Å². The summed E-state index contributed by atoms with van der Waals surface area (Å²) in [6.07, 6.45) is 5.67. The van der Waals surface area contributed by atoms with Gasteiger partial charge in [-0.25, -0.2) is 0 Å². The van der Waals surface area contributed by atoms with E-state index in [1.165, 1.54) is 31.4 Å². The lowest BCUT2D eigenvalue weighted by atomic mass is 9.89. The van der Waals surface area contributed by atoms with Crippen LogP contribution in [0, 0.1) is 5.92 Å². The van der Waals surface area contributed by atoms with Gasteiger partial charge in [0, 0.05) is 38.1 Å². The predicted octanol–water partition coefficient (Wildman–Crippen LogP) is 3.62. The van der Waals surface area contributed by atoms with Crippen LogP contribution in [0.15, 0.2) is 24.3 Å². The van der Waals surface area contributed by atoms with E-state index >= 15 is 0 Å². The van der Waals surface area contributed by atoms with Gasteiger partial charge in [-0.2, -0.15) is 0 Å². The second kappa shape index (κ2) is 8.61. The number of fused-ring (bicyclic) bond motifs is 3. The molecule has 0 spiro atoms. The van der Waals surface area contributed by atoms with E-state index in [1.807, 2.05) is 11.0 Å². The first kappa shape index (κ1) is 20.3. The number of carbonyl (C=O) groups excluding carboxylic acids is 1. The molecule has 2 unspecified atom stereocenters. The molecule has 4 nitrogen and oxygen atoms in total. The maximum Gasteiger partial charge on any atom is 0.227 e. The minimum atomic E-state index is 0. The second-order valence-electron chi connectivity index (χ2n) is 7.29. The summed E-state index contributed by atoms with van der Waals surface area (Å²) < 4.78 is 0. The molecule has 6 heteroatoms. The topological polar surface area (TPSA) is 35.6 Å². The van der Waals surface area contributed by atoms with Gasteiger partial charge in [-0.1, -0.05) is 12.1 Å². The van der Waals surface area contributed by atoms with Crippen LogP contribution in [0.5, 0.6) is 0 Å². The zero-order valence-electron chi connectivity index (χ0n) is 14.8. The van der Waals surface area contributed by atoms with Crippen LogP contribution in [0.4, 0.5) is 11.4 Å². The molecule has 3 heterocycles. The van der Waals surface area contributed by atoms with E-state index in [-0.39, 0.29) is 24.8 Å². The van der Waals surface area contributed by atoms with Crippen molar-refractivity contribution in [3.63, 3.8) is 0 Å². The molecule has 2 fully saturated rings. The first-order valence-corrected chi connectivity index (χ1v) is 9.15. The number of halogens is 2. The Bertz CT molecular complexity index is 586. The standard InChI is InChI=1S/C19H27N3O.2ClH/c1-2-21-9-10-22(18-6-4-3-5-17(18)21)19(23)13-14-11-15-7-8-16(12-14)20-15;;/h3-6,14-16,20H,2,7-13H2,1H3;2*1H. The smallest absolute Gasteiger partial charge is 0.227 e. The SMILES string of the molecule is CCN1CCN(C(=O)CC2CC3CCC(C2)N3)c2ccccc21.Cl.Cl. The third kappa shape index (κ3) is 4.07. The summed E-state index contributed by atoms with van der Waals surface area (Å²) >= 11 is 0. The fourth-order valence-electron chi connectivity index (χ4n) is 4.71. The molecule has 25 heavy (non-hydrogen) atoms. The Morgan fingerprint density at radius 3 is 2.36 bits per heavy atom. The molecule has 2 bridgehead atoms. The number of likely N-dealkylation sites (N-methyl/N-ethyl adjacent to an activating group) is 1. The van der Waals surface area contributed by atoms with Gasteiger partial charge in [-0.05, 0) is 50.7 Å². The van der Waals surface area contributed by atoms with E-state index in [0.717, 1.165) is 31.7 Å². The summed E-state index contributed by atoms with van der Waals surface area (Å²) in [4.78, 5) is 17.3. The Morgan fingerprint density at radius 1 is 1.08 bits per heavy atom. The molecule has 2 atom stereocenters. The molecule has 4 rings (SSSR count). The maximum atomic E-state index is 12.9. The summed E-state index contributed by atoms with van der Waals surface area (Å²) in [5.41, 5.74) is 2.31. The highest BCUT2D eigenvalue weighted by atomic mass is 35.5. The summed E-state index contributed by atoms with van der Waals surface area (Å²) in [6.45, 7) is 4.94. The number of piperidine rings is 1. The molecule has 140 valence electrons. The zero-order valence-corrected chi connectivity index (χ0v) is 16.5. The Kier molecular flexibility index (Phi) is 7.01. The number of para-hydroxylation sites is 2. The van der Waals surface area contributed by atoms with Crippen molar-refractivity contribution < 1.29 is 4.79 Å². The molecular weight excluding hydrogens is 357 g/mol. The predicted molar refractivity (Wildman–Crippen MR) is 108 cm³/mol. The van der Waals surface area contributed by atoms with Gasteiger partial charge in [-0.3, -0.25) is 4.79 Å². The second-order valence-corrected chi connectivity index (χ2v) is 7.29. The molecule has 1 aromatic rings. The number of anilines is 2. The monoisotopic (exact) mass is 385 g/mol. The lowest BCUT2D eigenvalue weighted by molar-refractivity contribution is -0.119. The summed E-state index contributed by atoms with van der Waals surface area (Å²) in [5, 5.41) is 3.67. The molecular formula is C19H29Cl2N3O. The van der Waals surface area contributed by atoms with Crippen LogP contribution < -0.4 is 15.1 Å². The highest BCUT2D eigenvalue weighted by molar-refractivity contribution is 5.98. The molecule has 1 aromatic carbocycles. The minimum absolute atomic E-state index is 0. The first-order chi connectivity index (χ1) is 11.2. The number of amides is 1. The van der Waals surface area contributed by atoms with Crippen molar-refractivity contribution in [1.29, 1.82) is 0 Å². The van der Waals surface area contributed by atoms with Gasteiger partial charge in [-0.15, -0.1) is 24.8 Å². The minimum Gasteiger partial charge on any atom is -0.368 e. The van der Waals surface area contributed by atoms with Crippen molar-refractivity contribution >= 4 is 42.1 Å². The Balaban J connectivity index is 0.00000113. The highest BCUT2D eigenvalue weighted by Gasteiger charge is 2.35. The number of carbonyl (C=O) groups is 1. The van der Waals surface area contributed by atoms with Gasteiger partial charge in [0.05, 0.1) is 11.4 Å². The Morgan fingerprint density at radius 2 is 1.72 bits per heavy atom. The third-order valence-corrected chi connectivity index (χ3v) is 5.82. The molecule has 0 saturated carbocycles. The van der Waals surface area contributed by atoms with Crippen LogP contribution >= 0.6 is 24.8 Å². The number of hydrogen-bond acceptors (Lipinski definition) is 3. The van der Waals surface area contributed by atoms with Gasteiger partial charge in [0.15, 0.2) is 0 Å². The fourth-order valence-corrected chi connectivity index (χ4v) is 4.71.